The molecule has 0 unspecified atom stereocenters. The topological polar surface area (TPSA) is 74.4 Å². The van der Waals surface area contributed by atoms with Crippen LogP contribution in [-0.4, -0.2) is 19.9 Å². The maximum Gasteiger partial charge on any atom is 0.259 e. The van der Waals surface area contributed by atoms with Crippen LogP contribution < -0.4 is 5.56 Å². The molecule has 0 aliphatic heterocycles. The number of aromatic nitrogens is 4. The van der Waals surface area contributed by atoms with Gasteiger partial charge in [0, 0.05) is 17.8 Å². The van der Waals surface area contributed by atoms with Gasteiger partial charge in [0.05, 0.1) is 22.1 Å². The monoisotopic (exact) mass is 338 g/mol. The second kappa shape index (κ2) is 5.67. The number of hydrogen-bond acceptors (Lipinski definition) is 3. The highest BCUT2D eigenvalue weighted by atomic mass is 16.1. The Hall–Kier alpha value is -3.73. The number of nitrogens with zero attached hydrogens (tertiary/aromatic N) is 2. The molecule has 0 radical (unpaired) electrons. The molecule has 26 heavy (non-hydrogen) atoms. The van der Waals surface area contributed by atoms with Crippen molar-refractivity contribution in [2.45, 2.75) is 0 Å². The van der Waals surface area contributed by atoms with Crippen LogP contribution in [0.15, 0.2) is 77.9 Å². The van der Waals surface area contributed by atoms with Crippen LogP contribution in [0.3, 0.4) is 0 Å². The van der Waals surface area contributed by atoms with Gasteiger partial charge in [-0.05, 0) is 41.5 Å². The molecule has 0 fully saturated rings. The molecular weight excluding hydrogens is 324 g/mol. The lowest BCUT2D eigenvalue weighted by molar-refractivity contribution is 1.21. The van der Waals surface area contributed by atoms with Gasteiger partial charge in [0.15, 0.2) is 0 Å². The summed E-state index contributed by atoms with van der Waals surface area (Å²) in [5, 5.41) is 1.04. The van der Waals surface area contributed by atoms with Gasteiger partial charge in [-0.25, -0.2) is 4.98 Å². The Balaban J connectivity index is 1.73. The van der Waals surface area contributed by atoms with Gasteiger partial charge >= 0.3 is 0 Å². The lowest BCUT2D eigenvalue weighted by Gasteiger charge is -2.07. The van der Waals surface area contributed by atoms with Crippen molar-refractivity contribution in [3.05, 3.63) is 83.4 Å². The Morgan fingerprint density at radius 2 is 1.65 bits per heavy atom. The molecule has 2 N–H and O–H groups in total. The molecule has 0 amide bonds. The molecule has 0 aliphatic carbocycles. The summed E-state index contributed by atoms with van der Waals surface area (Å²) < 4.78 is 0. The molecule has 0 aliphatic rings. The number of imidazole rings is 1. The summed E-state index contributed by atoms with van der Waals surface area (Å²) in [5.41, 5.74) is 4.93. The van der Waals surface area contributed by atoms with Crippen LogP contribution in [-0.2, 0) is 0 Å². The van der Waals surface area contributed by atoms with Crippen LogP contribution in [0.25, 0.3) is 44.5 Å². The third kappa shape index (κ3) is 2.29. The Kier molecular flexibility index (Phi) is 3.18. The fraction of sp³-hybridized carbons (Fsp3) is 0. The molecule has 2 aromatic carbocycles. The van der Waals surface area contributed by atoms with Gasteiger partial charge in [-0.1, -0.05) is 30.3 Å². The molecule has 5 nitrogen and oxygen atoms in total. The molecule has 124 valence electrons. The van der Waals surface area contributed by atoms with Gasteiger partial charge in [-0.15, -0.1) is 0 Å². The smallest absolute Gasteiger partial charge is 0.259 e. The second-order valence-electron chi connectivity index (χ2n) is 6.11. The van der Waals surface area contributed by atoms with Gasteiger partial charge in [0.1, 0.15) is 5.82 Å². The molecule has 0 bridgehead atoms. The first-order chi connectivity index (χ1) is 12.8. The van der Waals surface area contributed by atoms with E-state index < -0.39 is 0 Å². The van der Waals surface area contributed by atoms with Crippen LogP contribution in [0, 0.1) is 0 Å². The van der Waals surface area contributed by atoms with E-state index in [1.807, 2.05) is 60.7 Å². The number of aromatic amines is 2. The van der Waals surface area contributed by atoms with E-state index in [9.17, 15) is 4.79 Å². The summed E-state index contributed by atoms with van der Waals surface area (Å²) in [5.74, 6) is 0.563. The van der Waals surface area contributed by atoms with E-state index in [0.29, 0.717) is 11.4 Å². The molecule has 0 saturated carbocycles. The van der Waals surface area contributed by atoms with Crippen LogP contribution in [0.5, 0.6) is 0 Å². The molecule has 3 aromatic heterocycles. The highest BCUT2D eigenvalue weighted by Crippen LogP contribution is 2.28. The summed E-state index contributed by atoms with van der Waals surface area (Å²) in [6.45, 7) is 0. The van der Waals surface area contributed by atoms with Gasteiger partial charge < -0.3 is 9.97 Å². The normalized spacial score (nSPS) is 11.2. The van der Waals surface area contributed by atoms with E-state index in [0.717, 1.165) is 33.1 Å². The van der Waals surface area contributed by atoms with Crippen molar-refractivity contribution >= 4 is 21.9 Å². The van der Waals surface area contributed by atoms with E-state index >= 15 is 0 Å². The minimum Gasteiger partial charge on any atom is -0.338 e. The zero-order chi connectivity index (χ0) is 17.5. The SMILES string of the molecule is O=c1[nH]cc(-c2ccnc3ccccc23)cc1-c1nc2ccccc2[nH]1. The van der Waals surface area contributed by atoms with Crippen molar-refractivity contribution in [3.8, 4) is 22.5 Å². The number of rotatable bonds is 2. The van der Waals surface area contributed by atoms with Crippen LogP contribution in [0.1, 0.15) is 0 Å². The average molecular weight is 338 g/mol. The summed E-state index contributed by atoms with van der Waals surface area (Å²) in [7, 11) is 0. The first kappa shape index (κ1) is 14.6. The zero-order valence-electron chi connectivity index (χ0n) is 13.7. The maximum absolute atomic E-state index is 12.4. The van der Waals surface area contributed by atoms with Gasteiger partial charge in [0.25, 0.3) is 5.56 Å². The van der Waals surface area contributed by atoms with Crippen molar-refractivity contribution < 1.29 is 0 Å². The molecular formula is C21H14N4O. The number of benzene rings is 2. The lowest BCUT2D eigenvalue weighted by atomic mass is 10.0. The third-order valence-corrected chi connectivity index (χ3v) is 4.51. The van der Waals surface area contributed by atoms with E-state index in [1.165, 1.54) is 0 Å². The summed E-state index contributed by atoms with van der Waals surface area (Å²) in [6.07, 6.45) is 3.51. The number of para-hydroxylation sites is 3. The van der Waals surface area contributed by atoms with Crippen LogP contribution in [0.2, 0.25) is 0 Å². The minimum atomic E-state index is -0.175. The predicted octanol–water partition coefficient (Wildman–Crippen LogP) is 4.13. The van der Waals surface area contributed by atoms with Gasteiger partial charge in [-0.2, -0.15) is 0 Å². The molecule has 3 heterocycles. The van der Waals surface area contributed by atoms with Crippen molar-refractivity contribution in [3.63, 3.8) is 0 Å². The Bertz CT molecular complexity index is 1280. The van der Waals surface area contributed by atoms with Gasteiger partial charge in [-0.3, -0.25) is 9.78 Å². The standard InChI is InChI=1S/C21H14N4O/c26-21-16(20-24-18-7-3-4-8-19(18)25-20)11-13(12-23-21)14-9-10-22-17-6-2-1-5-15(14)17/h1-12H,(H,23,26)(H,24,25). The Labute approximate surface area is 148 Å². The quantitative estimate of drug-likeness (QED) is 0.508. The van der Waals surface area contributed by atoms with E-state index in [2.05, 4.69) is 19.9 Å². The first-order valence-corrected chi connectivity index (χ1v) is 8.31. The number of nitrogens with one attached hydrogen (secondary N) is 2. The fourth-order valence-electron chi connectivity index (χ4n) is 3.24. The highest BCUT2D eigenvalue weighted by molar-refractivity contribution is 5.94. The molecule has 5 aromatic rings. The lowest BCUT2D eigenvalue weighted by Crippen LogP contribution is -2.09. The number of hydrogen-bond donors (Lipinski definition) is 2. The number of H-pyrrole nitrogens is 2. The number of pyridine rings is 2. The third-order valence-electron chi connectivity index (χ3n) is 4.51. The molecule has 5 rings (SSSR count). The van der Waals surface area contributed by atoms with Crippen molar-refractivity contribution in [1.29, 1.82) is 0 Å². The Morgan fingerprint density at radius 3 is 2.54 bits per heavy atom. The molecule has 0 saturated heterocycles. The molecule has 0 atom stereocenters. The van der Waals surface area contributed by atoms with Crippen molar-refractivity contribution in [2.24, 2.45) is 0 Å². The molecule has 5 heteroatoms. The Morgan fingerprint density at radius 1 is 0.846 bits per heavy atom. The highest BCUT2D eigenvalue weighted by Gasteiger charge is 2.12. The summed E-state index contributed by atoms with van der Waals surface area (Å²) in [6, 6.07) is 19.5. The minimum absolute atomic E-state index is 0.175. The van der Waals surface area contributed by atoms with Crippen molar-refractivity contribution in [2.75, 3.05) is 0 Å². The zero-order valence-corrected chi connectivity index (χ0v) is 13.7. The average Bonchev–Trinajstić information content (AvgIpc) is 3.12. The largest absolute Gasteiger partial charge is 0.338 e. The van der Waals surface area contributed by atoms with Gasteiger partial charge in [0.2, 0.25) is 0 Å². The second-order valence-corrected chi connectivity index (χ2v) is 6.11. The molecule has 0 spiro atoms. The van der Waals surface area contributed by atoms with E-state index in [4.69, 9.17) is 0 Å². The van der Waals surface area contributed by atoms with Crippen LogP contribution >= 0.6 is 0 Å². The van der Waals surface area contributed by atoms with Crippen LogP contribution in [0.4, 0.5) is 0 Å². The summed E-state index contributed by atoms with van der Waals surface area (Å²) >= 11 is 0. The van der Waals surface area contributed by atoms with E-state index in [1.54, 1.807) is 12.4 Å². The fourth-order valence-corrected chi connectivity index (χ4v) is 3.24. The first-order valence-electron chi connectivity index (χ1n) is 8.31. The predicted molar refractivity (Wildman–Crippen MR) is 103 cm³/mol. The number of fused-ring (bicyclic) bond motifs is 2. The maximum atomic E-state index is 12.4. The van der Waals surface area contributed by atoms with E-state index in [-0.39, 0.29) is 5.56 Å². The summed E-state index contributed by atoms with van der Waals surface area (Å²) in [4.78, 5) is 27.4. The van der Waals surface area contributed by atoms with Crippen molar-refractivity contribution in [1.82, 2.24) is 19.9 Å².